The first-order valence-electron chi connectivity index (χ1n) is 8.54. The van der Waals surface area contributed by atoms with Gasteiger partial charge < -0.3 is 20.3 Å². The number of nitrogens with one attached hydrogen (secondary N) is 2. The van der Waals surface area contributed by atoms with Crippen LogP contribution in [-0.4, -0.2) is 43.3 Å². The third-order valence-electron chi connectivity index (χ3n) is 4.40. The summed E-state index contributed by atoms with van der Waals surface area (Å²) in [6, 6.07) is 8.46. The molecule has 2 amide bonds. The molecule has 5 nitrogen and oxygen atoms in total. The van der Waals surface area contributed by atoms with Crippen molar-refractivity contribution in [3.05, 3.63) is 29.8 Å². The van der Waals surface area contributed by atoms with E-state index in [0.717, 1.165) is 43.6 Å². The lowest BCUT2D eigenvalue weighted by Crippen LogP contribution is -2.50. The van der Waals surface area contributed by atoms with Crippen molar-refractivity contribution in [2.24, 2.45) is 0 Å². The Bertz CT molecular complexity index is 490. The lowest BCUT2D eigenvalue weighted by atomic mass is 10.0. The number of likely N-dealkylation sites (tertiary alicyclic amines) is 1. The number of nitrogens with zero attached hydrogens (tertiary/aromatic N) is 1. The molecule has 2 rings (SSSR count). The smallest absolute Gasteiger partial charge is 0.317 e. The van der Waals surface area contributed by atoms with E-state index in [1.165, 1.54) is 0 Å². The molecular weight excluding hydrogens is 290 g/mol. The Morgan fingerprint density at radius 2 is 2.09 bits per heavy atom. The predicted octanol–water partition coefficient (Wildman–Crippen LogP) is 3.22. The van der Waals surface area contributed by atoms with Gasteiger partial charge >= 0.3 is 6.03 Å². The van der Waals surface area contributed by atoms with E-state index < -0.39 is 0 Å². The highest BCUT2D eigenvalue weighted by atomic mass is 16.5. The third-order valence-corrected chi connectivity index (χ3v) is 4.40. The summed E-state index contributed by atoms with van der Waals surface area (Å²) in [5, 5.41) is 6.37. The molecule has 0 radical (unpaired) electrons. The average Bonchev–Trinajstić information content (AvgIpc) is 2.58. The number of rotatable bonds is 6. The van der Waals surface area contributed by atoms with Crippen LogP contribution >= 0.6 is 0 Å². The Kier molecular flexibility index (Phi) is 6.71. The van der Waals surface area contributed by atoms with E-state index in [1.807, 2.05) is 4.90 Å². The minimum absolute atomic E-state index is 0.0141. The number of carbonyl (C=O) groups is 1. The van der Waals surface area contributed by atoms with E-state index >= 15 is 0 Å². The van der Waals surface area contributed by atoms with Crippen LogP contribution in [0.25, 0.3) is 0 Å². The Hall–Kier alpha value is -1.75. The van der Waals surface area contributed by atoms with Crippen molar-refractivity contribution >= 4 is 11.7 Å². The van der Waals surface area contributed by atoms with Crippen LogP contribution in [0.2, 0.25) is 0 Å². The molecule has 1 aromatic rings. The zero-order valence-corrected chi connectivity index (χ0v) is 14.5. The molecule has 1 aliphatic heterocycles. The van der Waals surface area contributed by atoms with Crippen molar-refractivity contribution in [2.75, 3.05) is 25.5 Å². The number of piperidine rings is 1. The Morgan fingerprint density at radius 3 is 2.70 bits per heavy atom. The molecule has 1 heterocycles. The van der Waals surface area contributed by atoms with Gasteiger partial charge in [-0.15, -0.1) is 0 Å². The van der Waals surface area contributed by atoms with Gasteiger partial charge in [0.05, 0.1) is 6.10 Å². The van der Waals surface area contributed by atoms with Crippen molar-refractivity contribution in [2.45, 2.75) is 51.8 Å². The third kappa shape index (κ3) is 5.13. The molecule has 0 spiro atoms. The average molecular weight is 319 g/mol. The fourth-order valence-corrected chi connectivity index (χ4v) is 2.93. The van der Waals surface area contributed by atoms with Crippen LogP contribution in [0.5, 0.6) is 0 Å². The number of anilines is 1. The number of urea groups is 1. The summed E-state index contributed by atoms with van der Waals surface area (Å²) in [6.07, 6.45) is 3.20. The number of hydrogen-bond acceptors (Lipinski definition) is 3. The molecule has 0 saturated carbocycles. The van der Waals surface area contributed by atoms with Crippen LogP contribution in [-0.2, 0) is 11.3 Å². The maximum Gasteiger partial charge on any atom is 0.317 e. The van der Waals surface area contributed by atoms with Crippen molar-refractivity contribution < 1.29 is 9.53 Å². The van der Waals surface area contributed by atoms with Crippen LogP contribution in [0.15, 0.2) is 24.3 Å². The molecular formula is C18H29N3O2. The zero-order chi connectivity index (χ0) is 16.7. The van der Waals surface area contributed by atoms with Gasteiger partial charge in [0, 0.05) is 38.5 Å². The molecule has 0 bridgehead atoms. The molecule has 0 aromatic heterocycles. The van der Waals surface area contributed by atoms with Gasteiger partial charge in [-0.2, -0.15) is 0 Å². The monoisotopic (exact) mass is 319 g/mol. The topological polar surface area (TPSA) is 53.6 Å². The first-order valence-corrected chi connectivity index (χ1v) is 8.54. The summed E-state index contributed by atoms with van der Waals surface area (Å²) >= 11 is 0. The predicted molar refractivity (Wildman–Crippen MR) is 93.7 cm³/mol. The van der Waals surface area contributed by atoms with Gasteiger partial charge in [0.1, 0.15) is 0 Å². The van der Waals surface area contributed by atoms with E-state index in [-0.39, 0.29) is 18.2 Å². The second-order valence-electron chi connectivity index (χ2n) is 6.21. The van der Waals surface area contributed by atoms with Gasteiger partial charge in [0.25, 0.3) is 0 Å². The Balaban J connectivity index is 1.80. The molecule has 2 unspecified atom stereocenters. The molecule has 23 heavy (non-hydrogen) atoms. The summed E-state index contributed by atoms with van der Waals surface area (Å²) in [4.78, 5) is 14.3. The van der Waals surface area contributed by atoms with Crippen LogP contribution in [0, 0.1) is 0 Å². The van der Waals surface area contributed by atoms with Crippen molar-refractivity contribution in [3.8, 4) is 0 Å². The molecule has 128 valence electrons. The lowest BCUT2D eigenvalue weighted by Gasteiger charge is -2.37. The highest BCUT2D eigenvalue weighted by Crippen LogP contribution is 2.19. The number of methoxy groups -OCH3 is 1. The summed E-state index contributed by atoms with van der Waals surface area (Å²) in [5.74, 6) is 0. The molecule has 1 aliphatic rings. The maximum absolute atomic E-state index is 12.3. The minimum atomic E-state index is 0.0141. The molecule has 2 atom stereocenters. The summed E-state index contributed by atoms with van der Waals surface area (Å²) in [7, 11) is 1.74. The largest absolute Gasteiger partial charge is 0.385 e. The van der Waals surface area contributed by atoms with Gasteiger partial charge in [-0.25, -0.2) is 4.79 Å². The van der Waals surface area contributed by atoms with Crippen LogP contribution in [0.3, 0.4) is 0 Å². The number of amides is 2. The quantitative estimate of drug-likeness (QED) is 0.846. The second-order valence-corrected chi connectivity index (χ2v) is 6.21. The summed E-state index contributed by atoms with van der Waals surface area (Å²) < 4.78 is 5.39. The molecule has 5 heteroatoms. The van der Waals surface area contributed by atoms with E-state index in [0.29, 0.717) is 6.54 Å². The van der Waals surface area contributed by atoms with E-state index in [9.17, 15) is 4.79 Å². The number of ether oxygens (including phenoxy) is 1. The Morgan fingerprint density at radius 1 is 1.35 bits per heavy atom. The summed E-state index contributed by atoms with van der Waals surface area (Å²) in [5.41, 5.74) is 2.23. The van der Waals surface area contributed by atoms with Crippen LogP contribution in [0.1, 0.15) is 38.7 Å². The second kappa shape index (κ2) is 8.77. The molecule has 1 saturated heterocycles. The molecule has 1 fully saturated rings. The fraction of sp³-hybridized carbons (Fsp3) is 0.611. The lowest BCUT2D eigenvalue weighted by molar-refractivity contribution is 0.0293. The highest BCUT2D eigenvalue weighted by molar-refractivity contribution is 5.74. The van der Waals surface area contributed by atoms with Gasteiger partial charge in [0.15, 0.2) is 0 Å². The Labute approximate surface area is 139 Å². The van der Waals surface area contributed by atoms with Gasteiger partial charge in [0.2, 0.25) is 0 Å². The van der Waals surface area contributed by atoms with Crippen molar-refractivity contribution in [3.63, 3.8) is 0 Å². The van der Waals surface area contributed by atoms with Crippen molar-refractivity contribution in [1.82, 2.24) is 10.2 Å². The fourth-order valence-electron chi connectivity index (χ4n) is 2.93. The first kappa shape index (κ1) is 17.6. The number of benzene rings is 1. The van der Waals surface area contributed by atoms with Crippen LogP contribution in [0.4, 0.5) is 10.5 Å². The first-order chi connectivity index (χ1) is 11.1. The summed E-state index contributed by atoms with van der Waals surface area (Å²) in [6.45, 7) is 6.52. The van der Waals surface area contributed by atoms with Crippen LogP contribution < -0.4 is 10.6 Å². The molecule has 0 aliphatic carbocycles. The van der Waals surface area contributed by atoms with Gasteiger partial charge in [-0.1, -0.05) is 19.1 Å². The number of hydrogen-bond donors (Lipinski definition) is 2. The normalized spacial score (nSPS) is 21.1. The standard InChI is InChI=1S/C18H29N3O2/c1-4-10-19-16-7-5-15(6-8-16)13-20-18(22)21-11-9-17(23-3)12-14(21)2/h5-8,14,17,19H,4,9-13H2,1-3H3,(H,20,22). The molecule has 2 N–H and O–H groups in total. The van der Waals surface area contributed by atoms with E-state index in [4.69, 9.17) is 4.74 Å². The number of carbonyl (C=O) groups excluding carboxylic acids is 1. The van der Waals surface area contributed by atoms with Gasteiger partial charge in [-0.3, -0.25) is 0 Å². The molecule has 1 aromatic carbocycles. The minimum Gasteiger partial charge on any atom is -0.385 e. The highest BCUT2D eigenvalue weighted by Gasteiger charge is 2.28. The maximum atomic E-state index is 12.3. The SMILES string of the molecule is CCCNc1ccc(CNC(=O)N2CCC(OC)CC2C)cc1. The van der Waals surface area contributed by atoms with Gasteiger partial charge in [-0.05, 0) is 43.9 Å². The van der Waals surface area contributed by atoms with E-state index in [1.54, 1.807) is 7.11 Å². The van der Waals surface area contributed by atoms with Crippen molar-refractivity contribution in [1.29, 1.82) is 0 Å². The van der Waals surface area contributed by atoms with E-state index in [2.05, 4.69) is 48.7 Å². The zero-order valence-electron chi connectivity index (χ0n) is 14.5.